The first-order valence-electron chi connectivity index (χ1n) is 10.9. The fourth-order valence-electron chi connectivity index (χ4n) is 4.58. The van der Waals surface area contributed by atoms with Crippen LogP contribution in [0.15, 0.2) is 67.0 Å². The smallest absolute Gasteiger partial charge is 0.230 e. The number of likely N-dealkylation sites (tertiary alicyclic amines) is 1. The van der Waals surface area contributed by atoms with Crippen LogP contribution in [0.25, 0.3) is 11.2 Å². The summed E-state index contributed by atoms with van der Waals surface area (Å²) in [5.74, 6) is -0.361. The summed E-state index contributed by atoms with van der Waals surface area (Å²) in [5.41, 5.74) is 4.24. The summed E-state index contributed by atoms with van der Waals surface area (Å²) in [6.07, 6.45) is 5.70. The highest BCUT2D eigenvalue weighted by Gasteiger charge is 2.32. The Balaban J connectivity index is 1.40. The zero-order valence-electron chi connectivity index (χ0n) is 17.6. The molecule has 1 amide bonds. The van der Waals surface area contributed by atoms with Gasteiger partial charge >= 0.3 is 0 Å². The molecular formula is C25H24FN5O. The summed E-state index contributed by atoms with van der Waals surface area (Å²) < 4.78 is 13.4. The lowest BCUT2D eigenvalue weighted by molar-refractivity contribution is -0.134. The molecule has 1 aliphatic heterocycles. The molecule has 7 heteroatoms. The van der Waals surface area contributed by atoms with Gasteiger partial charge in [-0.1, -0.05) is 42.5 Å². The number of nitrogens with zero attached hydrogens (tertiary/aromatic N) is 4. The van der Waals surface area contributed by atoms with E-state index in [9.17, 15) is 9.18 Å². The van der Waals surface area contributed by atoms with Crippen LogP contribution in [0.5, 0.6) is 0 Å². The first-order chi connectivity index (χ1) is 15.7. The molecule has 0 bridgehead atoms. The Morgan fingerprint density at radius 1 is 1.09 bits per heavy atom. The second-order valence-corrected chi connectivity index (χ2v) is 8.28. The van der Waals surface area contributed by atoms with Crippen LogP contribution in [0.4, 0.5) is 4.39 Å². The van der Waals surface area contributed by atoms with Gasteiger partial charge in [-0.15, -0.1) is 0 Å². The largest absolute Gasteiger partial charge is 0.341 e. The van der Waals surface area contributed by atoms with E-state index in [1.54, 1.807) is 24.5 Å². The fourth-order valence-corrected chi connectivity index (χ4v) is 4.58. The Labute approximate surface area is 185 Å². The van der Waals surface area contributed by atoms with Crippen molar-refractivity contribution in [3.05, 3.63) is 89.6 Å². The van der Waals surface area contributed by atoms with E-state index in [0.29, 0.717) is 18.6 Å². The van der Waals surface area contributed by atoms with Crippen molar-refractivity contribution in [2.75, 3.05) is 13.1 Å². The van der Waals surface area contributed by atoms with Crippen molar-refractivity contribution in [1.82, 2.24) is 25.1 Å². The predicted octanol–water partition coefficient (Wildman–Crippen LogP) is 4.22. The average Bonchev–Trinajstić information content (AvgIpc) is 3.28. The van der Waals surface area contributed by atoms with Crippen molar-refractivity contribution in [3.63, 3.8) is 0 Å². The quantitative estimate of drug-likeness (QED) is 0.515. The Bertz CT molecular complexity index is 1210. The molecule has 1 aliphatic rings. The molecule has 0 aliphatic carbocycles. The molecule has 162 valence electrons. The molecule has 1 saturated heterocycles. The Hall–Kier alpha value is -3.61. The zero-order chi connectivity index (χ0) is 21.9. The van der Waals surface area contributed by atoms with Crippen molar-refractivity contribution in [2.45, 2.75) is 31.1 Å². The summed E-state index contributed by atoms with van der Waals surface area (Å²) in [7, 11) is 0. The van der Waals surface area contributed by atoms with Crippen molar-refractivity contribution < 1.29 is 9.18 Å². The van der Waals surface area contributed by atoms with Gasteiger partial charge in [0.2, 0.25) is 5.91 Å². The number of carbonyl (C=O) groups excluding carboxylic acids is 1. The van der Waals surface area contributed by atoms with Gasteiger partial charge in [-0.3, -0.25) is 9.89 Å². The molecular weight excluding hydrogens is 405 g/mol. The lowest BCUT2D eigenvalue weighted by Crippen LogP contribution is -2.42. The van der Waals surface area contributed by atoms with Gasteiger partial charge in [0.05, 0.1) is 11.6 Å². The number of H-pyrrole nitrogens is 1. The highest BCUT2D eigenvalue weighted by molar-refractivity contribution is 5.84. The molecule has 2 aromatic carbocycles. The third-order valence-corrected chi connectivity index (χ3v) is 6.21. The second-order valence-electron chi connectivity index (χ2n) is 8.28. The molecule has 2 aromatic heterocycles. The third-order valence-electron chi connectivity index (χ3n) is 6.21. The summed E-state index contributed by atoms with van der Waals surface area (Å²) in [6.45, 7) is 1.33. The van der Waals surface area contributed by atoms with Crippen molar-refractivity contribution >= 4 is 17.1 Å². The van der Waals surface area contributed by atoms with E-state index in [-0.39, 0.29) is 23.6 Å². The van der Waals surface area contributed by atoms with E-state index >= 15 is 0 Å². The number of halogens is 1. The minimum Gasteiger partial charge on any atom is -0.341 e. The molecule has 32 heavy (non-hydrogen) atoms. The van der Waals surface area contributed by atoms with Crippen LogP contribution >= 0.6 is 0 Å². The number of carbonyl (C=O) groups is 1. The van der Waals surface area contributed by atoms with E-state index in [0.717, 1.165) is 41.7 Å². The van der Waals surface area contributed by atoms with Crippen LogP contribution in [0.3, 0.4) is 0 Å². The number of nitrogens with one attached hydrogen (secondary N) is 1. The molecule has 0 spiro atoms. The molecule has 2 atom stereocenters. The average molecular weight is 429 g/mol. The molecule has 0 radical (unpaired) electrons. The van der Waals surface area contributed by atoms with Crippen LogP contribution < -0.4 is 0 Å². The molecule has 5 rings (SSSR count). The number of piperidine rings is 1. The van der Waals surface area contributed by atoms with E-state index in [1.807, 2.05) is 35.2 Å². The topological polar surface area (TPSA) is 74.8 Å². The maximum atomic E-state index is 13.7. The minimum atomic E-state index is -0.321. The monoisotopic (exact) mass is 429 g/mol. The molecule has 0 unspecified atom stereocenters. The number of hydrogen-bond donors (Lipinski definition) is 1. The fraction of sp³-hybridized carbons (Fsp3) is 0.280. The lowest BCUT2D eigenvalue weighted by atomic mass is 9.88. The third kappa shape index (κ3) is 4.10. The molecule has 6 nitrogen and oxygen atoms in total. The molecule has 0 saturated carbocycles. The van der Waals surface area contributed by atoms with E-state index in [4.69, 9.17) is 0 Å². The Morgan fingerprint density at radius 2 is 1.88 bits per heavy atom. The van der Waals surface area contributed by atoms with E-state index in [1.165, 1.54) is 12.1 Å². The van der Waals surface area contributed by atoms with Crippen LogP contribution in [0, 0.1) is 5.82 Å². The number of aromatic nitrogens is 4. The molecule has 1 fully saturated rings. The Kier molecular flexibility index (Phi) is 5.62. The maximum Gasteiger partial charge on any atom is 0.230 e. The summed E-state index contributed by atoms with van der Waals surface area (Å²) in [6, 6.07) is 16.2. The number of amides is 1. The predicted molar refractivity (Wildman–Crippen MR) is 120 cm³/mol. The number of aromatic amines is 1. The number of benzene rings is 2. The summed E-state index contributed by atoms with van der Waals surface area (Å²) in [5, 5.41) is 7.38. The van der Waals surface area contributed by atoms with Gasteiger partial charge in [-0.2, -0.15) is 5.10 Å². The van der Waals surface area contributed by atoms with Crippen molar-refractivity contribution in [3.8, 4) is 0 Å². The van der Waals surface area contributed by atoms with Crippen molar-refractivity contribution in [1.29, 1.82) is 0 Å². The van der Waals surface area contributed by atoms with Gasteiger partial charge in [0.15, 0.2) is 5.65 Å². The molecule has 4 aromatic rings. The minimum absolute atomic E-state index is 0.0973. The number of hydrogen-bond acceptors (Lipinski definition) is 4. The Morgan fingerprint density at radius 3 is 2.69 bits per heavy atom. The number of rotatable bonds is 5. The second kappa shape index (κ2) is 8.86. The zero-order valence-corrected chi connectivity index (χ0v) is 17.6. The highest BCUT2D eigenvalue weighted by atomic mass is 19.1. The van der Waals surface area contributed by atoms with Gasteiger partial charge in [0, 0.05) is 31.4 Å². The standard InChI is InChI=1S/C25H24FN5O/c26-20-10-8-17(9-11-20)15-21(18-5-2-1-3-6-18)25(32)31-14-4-7-19(16-31)22-23-24(30-29-22)28-13-12-27-23/h1-3,5-6,8-13,19,21H,4,7,14-16H2,(H,28,29,30)/t19-,21+/m1/s1. The maximum absolute atomic E-state index is 13.7. The molecule has 3 heterocycles. The van der Waals surface area contributed by atoms with Gasteiger partial charge in [0.25, 0.3) is 0 Å². The van der Waals surface area contributed by atoms with Gasteiger partial charge in [-0.05, 0) is 42.5 Å². The summed E-state index contributed by atoms with van der Waals surface area (Å²) >= 11 is 0. The van der Waals surface area contributed by atoms with Crippen LogP contribution in [-0.4, -0.2) is 44.1 Å². The van der Waals surface area contributed by atoms with E-state index < -0.39 is 0 Å². The van der Waals surface area contributed by atoms with Crippen molar-refractivity contribution in [2.24, 2.45) is 0 Å². The van der Waals surface area contributed by atoms with Crippen LogP contribution in [0.1, 0.15) is 41.5 Å². The van der Waals surface area contributed by atoms with Crippen LogP contribution in [-0.2, 0) is 11.2 Å². The van der Waals surface area contributed by atoms with Gasteiger partial charge in [-0.25, -0.2) is 14.4 Å². The van der Waals surface area contributed by atoms with Gasteiger partial charge < -0.3 is 4.90 Å². The highest BCUT2D eigenvalue weighted by Crippen LogP contribution is 2.32. The van der Waals surface area contributed by atoms with Gasteiger partial charge in [0.1, 0.15) is 11.3 Å². The molecule has 1 N–H and O–H groups in total. The first-order valence-corrected chi connectivity index (χ1v) is 10.9. The summed E-state index contributed by atoms with van der Waals surface area (Å²) in [4.78, 5) is 24.4. The SMILES string of the molecule is O=C([C@@H](Cc1ccc(F)cc1)c1ccccc1)N1CCC[C@@H](c2[nH]nc3nccnc23)C1. The lowest BCUT2D eigenvalue weighted by Gasteiger charge is -2.35. The van der Waals surface area contributed by atoms with Crippen LogP contribution in [0.2, 0.25) is 0 Å². The normalized spacial score (nSPS) is 17.4. The first kappa shape index (κ1) is 20.3. The van der Waals surface area contributed by atoms with E-state index in [2.05, 4.69) is 20.2 Å². The number of fused-ring (bicyclic) bond motifs is 1.